The smallest absolute Gasteiger partial charge is 0.211 e. The maximum absolute atomic E-state index is 6.04. The lowest BCUT2D eigenvalue weighted by Gasteiger charge is -2.08. The van der Waals surface area contributed by atoms with Crippen molar-refractivity contribution in [3.8, 4) is 0 Å². The standard InChI is InChI=1S/C11H14Cl2N4O/c1-2-7(18-17-16-11(14)15)6-8-9(12)4-3-5-10(8)13/h3-6,17H,2H2,1H3,(H4,14,15,16)/b7-6+. The minimum atomic E-state index is -0.124. The number of hydrogen-bond donors (Lipinski definition) is 3. The van der Waals surface area contributed by atoms with Crippen molar-refractivity contribution < 1.29 is 4.84 Å². The zero-order chi connectivity index (χ0) is 13.5. The summed E-state index contributed by atoms with van der Waals surface area (Å²) in [4.78, 5) is 5.16. The number of nitrogens with two attached hydrogens (primary N) is 2. The summed E-state index contributed by atoms with van der Waals surface area (Å²) in [5.74, 6) is 0.469. The molecule has 18 heavy (non-hydrogen) atoms. The molecule has 0 aliphatic carbocycles. The fraction of sp³-hybridized carbons (Fsp3) is 0.182. The SMILES string of the molecule is CC/C(=C\c1c(Cl)cccc1Cl)ONN=C(N)N. The molecular formula is C11H14Cl2N4O. The molecule has 1 rings (SSSR count). The van der Waals surface area contributed by atoms with Gasteiger partial charge in [-0.1, -0.05) is 36.2 Å². The number of nitrogens with zero attached hydrogens (tertiary/aromatic N) is 1. The van der Waals surface area contributed by atoms with Crippen LogP contribution in [0.5, 0.6) is 0 Å². The van der Waals surface area contributed by atoms with Gasteiger partial charge in [-0.2, -0.15) is 0 Å². The third kappa shape index (κ3) is 4.35. The molecule has 0 radical (unpaired) electrons. The van der Waals surface area contributed by atoms with Crippen LogP contribution in [0.15, 0.2) is 29.1 Å². The Morgan fingerprint density at radius 2 is 2.00 bits per heavy atom. The summed E-state index contributed by atoms with van der Waals surface area (Å²) in [5, 5.41) is 4.57. The molecule has 5 nitrogen and oxygen atoms in total. The van der Waals surface area contributed by atoms with E-state index >= 15 is 0 Å². The monoisotopic (exact) mass is 288 g/mol. The van der Waals surface area contributed by atoms with Crippen LogP contribution in [-0.4, -0.2) is 5.96 Å². The second-order valence-electron chi connectivity index (χ2n) is 3.33. The summed E-state index contributed by atoms with van der Waals surface area (Å²) in [7, 11) is 0. The Balaban J connectivity index is 2.87. The lowest BCUT2D eigenvalue weighted by molar-refractivity contribution is 0.105. The topological polar surface area (TPSA) is 85.7 Å². The van der Waals surface area contributed by atoms with Crippen LogP contribution in [0.4, 0.5) is 0 Å². The molecule has 98 valence electrons. The first-order valence-electron chi connectivity index (χ1n) is 5.19. The molecule has 0 aliphatic heterocycles. The lowest BCUT2D eigenvalue weighted by atomic mass is 10.2. The molecule has 5 N–H and O–H groups in total. The normalized spacial score (nSPS) is 10.9. The fourth-order valence-corrected chi connectivity index (χ4v) is 1.65. The molecule has 0 aliphatic rings. The number of nitrogens with one attached hydrogen (secondary N) is 1. The van der Waals surface area contributed by atoms with Gasteiger partial charge in [0.05, 0.1) is 0 Å². The Labute approximate surface area is 115 Å². The summed E-state index contributed by atoms with van der Waals surface area (Å²) in [6, 6.07) is 5.26. The molecule has 0 fully saturated rings. The number of hydrogen-bond acceptors (Lipinski definition) is 3. The molecule has 0 saturated carbocycles. The molecule has 0 heterocycles. The Morgan fingerprint density at radius 1 is 1.39 bits per heavy atom. The first-order chi connectivity index (χ1) is 8.54. The zero-order valence-corrected chi connectivity index (χ0v) is 11.3. The van der Waals surface area contributed by atoms with E-state index < -0.39 is 0 Å². The van der Waals surface area contributed by atoms with E-state index in [0.717, 1.165) is 0 Å². The Morgan fingerprint density at radius 3 is 2.50 bits per heavy atom. The van der Waals surface area contributed by atoms with Crippen molar-refractivity contribution in [2.75, 3.05) is 0 Å². The van der Waals surface area contributed by atoms with Crippen molar-refractivity contribution in [3.05, 3.63) is 39.6 Å². The van der Waals surface area contributed by atoms with Gasteiger partial charge in [-0.25, -0.2) is 0 Å². The molecule has 1 aromatic carbocycles. The number of rotatable bonds is 5. The van der Waals surface area contributed by atoms with Crippen molar-refractivity contribution in [1.29, 1.82) is 0 Å². The largest absolute Gasteiger partial charge is 0.370 e. The quantitative estimate of drug-likeness (QED) is 0.336. The lowest BCUT2D eigenvalue weighted by Crippen LogP contribution is -2.26. The minimum absolute atomic E-state index is 0.124. The van der Waals surface area contributed by atoms with Crippen LogP contribution < -0.4 is 17.1 Å². The molecule has 0 spiro atoms. The molecule has 0 saturated heterocycles. The van der Waals surface area contributed by atoms with Gasteiger partial charge >= 0.3 is 0 Å². The van der Waals surface area contributed by atoms with E-state index in [0.29, 0.717) is 27.8 Å². The molecule has 0 unspecified atom stereocenters. The van der Waals surface area contributed by atoms with Crippen LogP contribution in [0.3, 0.4) is 0 Å². The van der Waals surface area contributed by atoms with E-state index in [1.54, 1.807) is 24.3 Å². The van der Waals surface area contributed by atoms with Gasteiger partial charge in [0.2, 0.25) is 5.96 Å². The highest BCUT2D eigenvalue weighted by atomic mass is 35.5. The fourth-order valence-electron chi connectivity index (χ4n) is 1.15. The van der Waals surface area contributed by atoms with Gasteiger partial charge in [-0.05, 0) is 18.2 Å². The minimum Gasteiger partial charge on any atom is -0.370 e. The van der Waals surface area contributed by atoms with Crippen molar-refractivity contribution in [1.82, 2.24) is 5.59 Å². The van der Waals surface area contributed by atoms with Gasteiger partial charge in [-0.3, -0.25) is 0 Å². The van der Waals surface area contributed by atoms with Gasteiger partial charge in [-0.15, -0.1) is 10.7 Å². The van der Waals surface area contributed by atoms with E-state index in [1.807, 2.05) is 6.92 Å². The van der Waals surface area contributed by atoms with Crippen LogP contribution in [0.2, 0.25) is 10.0 Å². The second-order valence-corrected chi connectivity index (χ2v) is 4.14. The predicted molar refractivity (Wildman–Crippen MR) is 74.8 cm³/mol. The van der Waals surface area contributed by atoms with Gasteiger partial charge in [0.1, 0.15) is 5.76 Å². The van der Waals surface area contributed by atoms with E-state index in [1.165, 1.54) is 0 Å². The predicted octanol–water partition coefficient (Wildman–Crippen LogP) is 2.45. The zero-order valence-electron chi connectivity index (χ0n) is 9.78. The van der Waals surface area contributed by atoms with Gasteiger partial charge in [0.15, 0.2) is 0 Å². The van der Waals surface area contributed by atoms with Crippen molar-refractivity contribution in [2.45, 2.75) is 13.3 Å². The second kappa shape index (κ2) is 6.98. The van der Waals surface area contributed by atoms with Gasteiger partial charge in [0.25, 0.3) is 0 Å². The maximum Gasteiger partial charge on any atom is 0.211 e. The molecule has 1 aromatic rings. The van der Waals surface area contributed by atoms with Crippen LogP contribution in [0.25, 0.3) is 6.08 Å². The highest BCUT2D eigenvalue weighted by Gasteiger charge is 2.05. The summed E-state index contributed by atoms with van der Waals surface area (Å²) in [5.41, 5.74) is 13.3. The van der Waals surface area contributed by atoms with Crippen LogP contribution in [-0.2, 0) is 4.84 Å². The van der Waals surface area contributed by atoms with E-state index in [2.05, 4.69) is 10.7 Å². The van der Waals surface area contributed by atoms with Crippen molar-refractivity contribution in [3.63, 3.8) is 0 Å². The molecule has 7 heteroatoms. The first-order valence-corrected chi connectivity index (χ1v) is 5.95. The van der Waals surface area contributed by atoms with E-state index in [-0.39, 0.29) is 5.96 Å². The molecule has 0 amide bonds. The van der Waals surface area contributed by atoms with Crippen molar-refractivity contribution >= 4 is 35.2 Å². The molecule has 0 bridgehead atoms. The summed E-state index contributed by atoms with van der Waals surface area (Å²) in [6.07, 6.45) is 2.34. The molecule has 0 aromatic heterocycles. The third-order valence-electron chi connectivity index (χ3n) is 2.00. The highest BCUT2D eigenvalue weighted by Crippen LogP contribution is 2.27. The highest BCUT2D eigenvalue weighted by molar-refractivity contribution is 6.37. The number of guanidine groups is 1. The summed E-state index contributed by atoms with van der Waals surface area (Å²) in [6.45, 7) is 1.91. The first kappa shape index (κ1) is 14.5. The maximum atomic E-state index is 6.04. The third-order valence-corrected chi connectivity index (χ3v) is 2.66. The summed E-state index contributed by atoms with van der Waals surface area (Å²) >= 11 is 12.1. The van der Waals surface area contributed by atoms with Crippen molar-refractivity contribution in [2.24, 2.45) is 16.6 Å². The van der Waals surface area contributed by atoms with Crippen LogP contribution in [0.1, 0.15) is 18.9 Å². The van der Waals surface area contributed by atoms with Crippen LogP contribution in [0, 0.1) is 0 Å². The van der Waals surface area contributed by atoms with Gasteiger partial charge in [0, 0.05) is 22.0 Å². The Bertz CT molecular complexity index is 450. The average molecular weight is 289 g/mol. The van der Waals surface area contributed by atoms with E-state index in [9.17, 15) is 0 Å². The number of allylic oxidation sites excluding steroid dienone is 1. The molecular weight excluding hydrogens is 275 g/mol. The van der Waals surface area contributed by atoms with Crippen LogP contribution >= 0.6 is 23.2 Å². The van der Waals surface area contributed by atoms with E-state index in [4.69, 9.17) is 39.5 Å². The summed E-state index contributed by atoms with van der Waals surface area (Å²) < 4.78 is 0. The van der Waals surface area contributed by atoms with Gasteiger partial charge < -0.3 is 16.3 Å². The Kier molecular flexibility index (Phi) is 5.61. The Hall–Kier alpha value is -1.59. The number of benzene rings is 1. The average Bonchev–Trinajstić information content (AvgIpc) is 2.31. The number of hydrazone groups is 1. The molecule has 0 atom stereocenters. The number of halogens is 2.